The highest BCUT2D eigenvalue weighted by Gasteiger charge is 2.09. The molecule has 144 valence electrons. The third-order valence-electron chi connectivity index (χ3n) is 3.94. The molecule has 0 aliphatic carbocycles. The molecule has 0 saturated heterocycles. The second-order valence-electron chi connectivity index (χ2n) is 6.09. The molecule has 2 heterocycles. The van der Waals surface area contributed by atoms with Gasteiger partial charge >= 0.3 is 0 Å². The number of non-ortho nitro benzene ring substituents is 1. The van der Waals surface area contributed by atoms with E-state index in [-0.39, 0.29) is 11.6 Å². The van der Waals surface area contributed by atoms with Gasteiger partial charge in [0.25, 0.3) is 11.6 Å². The molecular weight excluding hydrogens is 362 g/mol. The molecule has 28 heavy (non-hydrogen) atoms. The third kappa shape index (κ3) is 4.47. The maximum Gasteiger partial charge on any atom is 0.269 e. The number of aromatic nitrogens is 4. The van der Waals surface area contributed by atoms with E-state index in [9.17, 15) is 14.9 Å². The van der Waals surface area contributed by atoms with Crippen LogP contribution in [0.1, 0.15) is 21.7 Å². The average molecular weight is 381 g/mol. The Labute approximate surface area is 160 Å². The quantitative estimate of drug-likeness (QED) is 0.364. The van der Waals surface area contributed by atoms with E-state index in [2.05, 4.69) is 25.7 Å². The van der Waals surface area contributed by atoms with Crippen LogP contribution in [0.4, 0.5) is 11.5 Å². The number of carbonyl (C=O) groups is 1. The fourth-order valence-corrected chi connectivity index (χ4v) is 2.62. The average Bonchev–Trinajstić information content (AvgIpc) is 3.03. The van der Waals surface area contributed by atoms with Crippen molar-refractivity contribution in [3.8, 4) is 5.82 Å². The zero-order valence-corrected chi connectivity index (χ0v) is 15.4. The maximum absolute atomic E-state index is 12.1. The molecule has 0 saturated carbocycles. The lowest BCUT2D eigenvalue weighted by Crippen LogP contribution is -2.28. The number of nitro groups is 1. The molecule has 0 radical (unpaired) electrons. The van der Waals surface area contributed by atoms with Crippen LogP contribution in [0.25, 0.3) is 5.82 Å². The van der Waals surface area contributed by atoms with Gasteiger partial charge in [0.1, 0.15) is 12.1 Å². The van der Waals surface area contributed by atoms with E-state index in [0.29, 0.717) is 30.3 Å². The summed E-state index contributed by atoms with van der Waals surface area (Å²) < 4.78 is 1.73. The zero-order chi connectivity index (χ0) is 20.1. The first kappa shape index (κ1) is 19.0. The summed E-state index contributed by atoms with van der Waals surface area (Å²) in [5.41, 5.74) is 2.18. The van der Waals surface area contributed by atoms with Crippen LogP contribution in [0.15, 0.2) is 42.7 Å². The van der Waals surface area contributed by atoms with Crippen molar-refractivity contribution in [1.82, 2.24) is 25.1 Å². The summed E-state index contributed by atoms with van der Waals surface area (Å²) >= 11 is 0. The zero-order valence-electron chi connectivity index (χ0n) is 15.4. The van der Waals surface area contributed by atoms with Gasteiger partial charge < -0.3 is 10.6 Å². The Bertz CT molecular complexity index is 999. The van der Waals surface area contributed by atoms with Crippen molar-refractivity contribution in [2.45, 2.75) is 13.8 Å². The monoisotopic (exact) mass is 381 g/mol. The van der Waals surface area contributed by atoms with Crippen molar-refractivity contribution < 1.29 is 9.72 Å². The molecule has 0 bridgehead atoms. The van der Waals surface area contributed by atoms with Crippen molar-refractivity contribution in [2.24, 2.45) is 0 Å². The molecule has 1 amide bonds. The van der Waals surface area contributed by atoms with Crippen molar-refractivity contribution in [3.63, 3.8) is 0 Å². The van der Waals surface area contributed by atoms with Crippen molar-refractivity contribution in [2.75, 3.05) is 18.4 Å². The minimum Gasteiger partial charge on any atom is -0.368 e. The number of aryl methyl sites for hydroxylation is 2. The van der Waals surface area contributed by atoms with Crippen LogP contribution in [0.5, 0.6) is 0 Å². The lowest BCUT2D eigenvalue weighted by molar-refractivity contribution is -0.384. The van der Waals surface area contributed by atoms with Gasteiger partial charge in [-0.1, -0.05) is 0 Å². The molecule has 0 aliphatic heterocycles. The van der Waals surface area contributed by atoms with Crippen LogP contribution in [-0.4, -0.2) is 43.7 Å². The lowest BCUT2D eigenvalue weighted by Gasteiger charge is -2.09. The highest BCUT2D eigenvalue weighted by Crippen LogP contribution is 2.13. The molecule has 0 fully saturated rings. The Kier molecular flexibility index (Phi) is 5.58. The smallest absolute Gasteiger partial charge is 0.269 e. The number of carbonyl (C=O) groups excluding carboxylic acids is 1. The fourth-order valence-electron chi connectivity index (χ4n) is 2.62. The topological polar surface area (TPSA) is 128 Å². The maximum atomic E-state index is 12.1. The Morgan fingerprint density at radius 2 is 1.89 bits per heavy atom. The number of hydrogen-bond acceptors (Lipinski definition) is 7. The molecule has 3 rings (SSSR count). The minimum atomic E-state index is -0.506. The number of amides is 1. The van der Waals surface area contributed by atoms with Gasteiger partial charge in [0, 0.05) is 42.5 Å². The van der Waals surface area contributed by atoms with Crippen LogP contribution in [0, 0.1) is 24.0 Å². The number of nitro benzene ring substituents is 1. The number of benzene rings is 1. The summed E-state index contributed by atoms with van der Waals surface area (Å²) in [6, 6.07) is 9.18. The van der Waals surface area contributed by atoms with Gasteiger partial charge in [0.15, 0.2) is 5.82 Å². The molecule has 10 heteroatoms. The van der Waals surface area contributed by atoms with E-state index in [1.54, 1.807) is 10.7 Å². The minimum absolute atomic E-state index is 0.0552. The molecule has 2 aromatic heterocycles. The predicted molar refractivity (Wildman–Crippen MR) is 103 cm³/mol. The van der Waals surface area contributed by atoms with E-state index < -0.39 is 4.92 Å². The summed E-state index contributed by atoms with van der Waals surface area (Å²) in [6.45, 7) is 4.67. The van der Waals surface area contributed by atoms with Gasteiger partial charge in [0.05, 0.1) is 10.6 Å². The normalized spacial score (nSPS) is 10.5. The molecule has 1 aromatic carbocycles. The molecule has 0 spiro atoms. The summed E-state index contributed by atoms with van der Waals surface area (Å²) in [5.74, 6) is 0.961. The van der Waals surface area contributed by atoms with Gasteiger partial charge in [-0.3, -0.25) is 14.9 Å². The highest BCUT2D eigenvalue weighted by atomic mass is 16.6. The SMILES string of the molecule is Cc1cc(C)n(-c2cc(NCCNC(=O)c3ccc([N+](=O)[O-])cc3)ncn2)n1. The van der Waals surface area contributed by atoms with Crippen molar-refractivity contribution >= 4 is 17.4 Å². The van der Waals surface area contributed by atoms with Gasteiger partial charge in [-0.05, 0) is 32.0 Å². The predicted octanol–water partition coefficient (Wildman–Crippen LogP) is 2.03. The Morgan fingerprint density at radius 3 is 2.54 bits per heavy atom. The van der Waals surface area contributed by atoms with Gasteiger partial charge in [-0.25, -0.2) is 14.6 Å². The van der Waals surface area contributed by atoms with Crippen LogP contribution in [-0.2, 0) is 0 Å². The molecule has 3 aromatic rings. The second kappa shape index (κ2) is 8.25. The lowest BCUT2D eigenvalue weighted by atomic mass is 10.2. The molecule has 0 aliphatic rings. The largest absolute Gasteiger partial charge is 0.368 e. The van der Waals surface area contributed by atoms with Gasteiger partial charge in [-0.15, -0.1) is 0 Å². The first-order chi connectivity index (χ1) is 13.4. The van der Waals surface area contributed by atoms with Gasteiger partial charge in [-0.2, -0.15) is 5.10 Å². The van der Waals surface area contributed by atoms with Crippen LogP contribution in [0.2, 0.25) is 0 Å². The fraction of sp³-hybridized carbons (Fsp3) is 0.222. The number of nitrogens with zero attached hydrogens (tertiary/aromatic N) is 5. The summed E-state index contributed by atoms with van der Waals surface area (Å²) in [4.78, 5) is 30.6. The Morgan fingerprint density at radius 1 is 1.14 bits per heavy atom. The summed E-state index contributed by atoms with van der Waals surface area (Å²) in [7, 11) is 0. The number of anilines is 1. The Hall–Kier alpha value is -3.82. The second-order valence-corrected chi connectivity index (χ2v) is 6.09. The first-order valence-corrected chi connectivity index (χ1v) is 8.56. The summed E-state index contributed by atoms with van der Waals surface area (Å²) in [5, 5.41) is 20.9. The standard InChI is InChI=1S/C18H19N7O3/c1-12-9-13(2)24(23-12)17-10-16(21-11-22-17)19-7-8-20-18(26)14-3-5-15(6-4-14)25(27)28/h3-6,9-11H,7-8H2,1-2H3,(H,20,26)(H,19,21,22). The Balaban J connectivity index is 1.52. The number of rotatable bonds is 7. The number of hydrogen-bond donors (Lipinski definition) is 2. The van der Waals surface area contributed by atoms with E-state index in [1.165, 1.54) is 30.6 Å². The van der Waals surface area contributed by atoms with Crippen molar-refractivity contribution in [1.29, 1.82) is 0 Å². The molecule has 0 unspecified atom stereocenters. The van der Waals surface area contributed by atoms with E-state index in [4.69, 9.17) is 0 Å². The molecular formula is C18H19N7O3. The molecule has 10 nitrogen and oxygen atoms in total. The van der Waals surface area contributed by atoms with Crippen LogP contribution >= 0.6 is 0 Å². The third-order valence-corrected chi connectivity index (χ3v) is 3.94. The van der Waals surface area contributed by atoms with E-state index in [0.717, 1.165) is 11.4 Å². The summed E-state index contributed by atoms with van der Waals surface area (Å²) in [6.07, 6.45) is 1.45. The first-order valence-electron chi connectivity index (χ1n) is 8.56. The highest BCUT2D eigenvalue weighted by molar-refractivity contribution is 5.94. The van der Waals surface area contributed by atoms with E-state index in [1.807, 2.05) is 19.9 Å². The molecule has 2 N–H and O–H groups in total. The van der Waals surface area contributed by atoms with E-state index >= 15 is 0 Å². The molecule has 0 atom stereocenters. The number of nitrogens with one attached hydrogen (secondary N) is 2. The van der Waals surface area contributed by atoms with Gasteiger partial charge in [0.2, 0.25) is 0 Å². The van der Waals surface area contributed by atoms with Crippen molar-refractivity contribution in [3.05, 3.63) is 69.8 Å². The van der Waals surface area contributed by atoms with Crippen LogP contribution in [0.3, 0.4) is 0 Å². The van der Waals surface area contributed by atoms with Crippen LogP contribution < -0.4 is 10.6 Å².